The van der Waals surface area contributed by atoms with E-state index in [1.54, 1.807) is 6.92 Å². The standard InChI is InChI=1S/C3H3N3.C2H6O/c1-4-2-6-3-5-1;1-2-3/h1-3H;3H,2H2,1H3. The highest BCUT2D eigenvalue weighted by Gasteiger charge is 1.59. The number of aromatic nitrogens is 3. The molecule has 1 heterocycles. The number of aliphatic hydroxyl groups excluding tert-OH is 1. The summed E-state index contributed by atoms with van der Waals surface area (Å²) in [7, 11) is 0. The molecular weight excluding hydrogens is 118 g/mol. The minimum atomic E-state index is 0.250. The van der Waals surface area contributed by atoms with Crippen LogP contribution in [-0.2, 0) is 0 Å². The molecule has 0 aromatic carbocycles. The summed E-state index contributed by atoms with van der Waals surface area (Å²) in [6.07, 6.45) is 4.31. The van der Waals surface area contributed by atoms with Crippen LogP contribution in [0.15, 0.2) is 19.0 Å². The van der Waals surface area contributed by atoms with E-state index >= 15 is 0 Å². The second-order valence-corrected chi connectivity index (χ2v) is 1.11. The van der Waals surface area contributed by atoms with Crippen molar-refractivity contribution in [2.24, 2.45) is 0 Å². The normalized spacial score (nSPS) is 7.33. The summed E-state index contributed by atoms with van der Waals surface area (Å²) >= 11 is 0. The van der Waals surface area contributed by atoms with Crippen molar-refractivity contribution in [2.45, 2.75) is 6.92 Å². The summed E-state index contributed by atoms with van der Waals surface area (Å²) in [5.74, 6) is 0. The lowest BCUT2D eigenvalue weighted by molar-refractivity contribution is 0.318. The molecule has 1 aromatic heterocycles. The molecule has 0 saturated heterocycles. The van der Waals surface area contributed by atoms with Crippen molar-refractivity contribution >= 4 is 0 Å². The van der Waals surface area contributed by atoms with Crippen molar-refractivity contribution < 1.29 is 5.11 Å². The summed E-state index contributed by atoms with van der Waals surface area (Å²) in [5, 5.41) is 7.57. The van der Waals surface area contributed by atoms with Crippen molar-refractivity contribution in [1.82, 2.24) is 15.0 Å². The Balaban J connectivity index is 0.000000187. The number of aliphatic hydroxyl groups is 1. The average molecular weight is 127 g/mol. The minimum absolute atomic E-state index is 0.250. The fourth-order valence-corrected chi connectivity index (χ4v) is 0.205. The smallest absolute Gasteiger partial charge is 0.119 e. The first-order chi connectivity index (χ1) is 4.41. The third kappa shape index (κ3) is 6.97. The molecule has 0 bridgehead atoms. The van der Waals surface area contributed by atoms with E-state index in [9.17, 15) is 0 Å². The predicted octanol–water partition coefficient (Wildman–Crippen LogP) is -0.130. The van der Waals surface area contributed by atoms with Crippen LogP contribution in [0.5, 0.6) is 0 Å². The second kappa shape index (κ2) is 6.97. The molecule has 0 spiro atoms. The van der Waals surface area contributed by atoms with Crippen LogP contribution in [0, 0.1) is 0 Å². The lowest BCUT2D eigenvalue weighted by Gasteiger charge is -1.69. The van der Waals surface area contributed by atoms with Crippen LogP contribution < -0.4 is 0 Å². The molecule has 0 atom stereocenters. The SMILES string of the molecule is CCO.c1ncncn1. The molecule has 0 amide bonds. The topological polar surface area (TPSA) is 58.9 Å². The zero-order valence-corrected chi connectivity index (χ0v) is 5.23. The lowest BCUT2D eigenvalue weighted by atomic mass is 10.9. The zero-order chi connectivity index (χ0) is 6.95. The van der Waals surface area contributed by atoms with Gasteiger partial charge in [-0.05, 0) is 6.92 Å². The van der Waals surface area contributed by atoms with E-state index in [4.69, 9.17) is 5.11 Å². The number of hydrogen-bond acceptors (Lipinski definition) is 4. The summed E-state index contributed by atoms with van der Waals surface area (Å²) in [4.78, 5) is 10.7. The Morgan fingerprint density at radius 2 is 1.33 bits per heavy atom. The third-order valence-corrected chi connectivity index (χ3v) is 0.400. The van der Waals surface area contributed by atoms with Crippen LogP contribution in [0.25, 0.3) is 0 Å². The van der Waals surface area contributed by atoms with Gasteiger partial charge in [-0.2, -0.15) is 0 Å². The minimum Gasteiger partial charge on any atom is -0.397 e. The maximum atomic E-state index is 7.57. The van der Waals surface area contributed by atoms with E-state index in [1.165, 1.54) is 19.0 Å². The molecule has 0 aliphatic carbocycles. The van der Waals surface area contributed by atoms with Gasteiger partial charge in [0.1, 0.15) is 19.0 Å². The van der Waals surface area contributed by atoms with Gasteiger partial charge >= 0.3 is 0 Å². The van der Waals surface area contributed by atoms with Gasteiger partial charge in [-0.25, -0.2) is 15.0 Å². The molecule has 1 aromatic rings. The Hall–Kier alpha value is -1.03. The Morgan fingerprint density at radius 3 is 1.44 bits per heavy atom. The molecule has 1 rings (SSSR count). The molecule has 1 N–H and O–H groups in total. The Kier molecular flexibility index (Phi) is 6.17. The molecule has 0 aliphatic rings. The Labute approximate surface area is 53.6 Å². The van der Waals surface area contributed by atoms with Crippen molar-refractivity contribution in [3.05, 3.63) is 19.0 Å². The van der Waals surface area contributed by atoms with Gasteiger partial charge < -0.3 is 5.11 Å². The van der Waals surface area contributed by atoms with Crippen LogP contribution in [-0.4, -0.2) is 26.7 Å². The summed E-state index contributed by atoms with van der Waals surface area (Å²) in [6, 6.07) is 0. The lowest BCUT2D eigenvalue weighted by Crippen LogP contribution is -1.73. The predicted molar refractivity (Wildman–Crippen MR) is 32.6 cm³/mol. The van der Waals surface area contributed by atoms with Crippen molar-refractivity contribution in [3.8, 4) is 0 Å². The summed E-state index contributed by atoms with van der Waals surface area (Å²) < 4.78 is 0. The third-order valence-electron chi connectivity index (χ3n) is 0.400. The van der Waals surface area contributed by atoms with Gasteiger partial charge in [-0.1, -0.05) is 0 Å². The van der Waals surface area contributed by atoms with Crippen LogP contribution in [0.2, 0.25) is 0 Å². The number of nitrogens with zero attached hydrogens (tertiary/aromatic N) is 3. The van der Waals surface area contributed by atoms with Gasteiger partial charge in [0.15, 0.2) is 0 Å². The summed E-state index contributed by atoms with van der Waals surface area (Å²) in [6.45, 7) is 1.93. The highest BCUT2D eigenvalue weighted by Crippen LogP contribution is 1.57. The van der Waals surface area contributed by atoms with Crippen molar-refractivity contribution in [1.29, 1.82) is 0 Å². The average Bonchev–Trinajstić information content (AvgIpc) is 1.93. The monoisotopic (exact) mass is 127 g/mol. The van der Waals surface area contributed by atoms with Gasteiger partial charge in [-0.3, -0.25) is 0 Å². The fraction of sp³-hybridized carbons (Fsp3) is 0.400. The van der Waals surface area contributed by atoms with Gasteiger partial charge in [0, 0.05) is 6.61 Å². The Morgan fingerprint density at radius 1 is 1.11 bits per heavy atom. The van der Waals surface area contributed by atoms with Crippen LogP contribution in [0.1, 0.15) is 6.92 Å². The molecule has 0 saturated carbocycles. The van der Waals surface area contributed by atoms with Crippen molar-refractivity contribution in [2.75, 3.05) is 6.61 Å². The maximum absolute atomic E-state index is 7.57. The molecule has 0 radical (unpaired) electrons. The van der Waals surface area contributed by atoms with E-state index < -0.39 is 0 Å². The molecule has 4 nitrogen and oxygen atoms in total. The van der Waals surface area contributed by atoms with Crippen LogP contribution in [0.3, 0.4) is 0 Å². The first kappa shape index (κ1) is 7.97. The molecule has 0 aliphatic heterocycles. The number of hydrogen-bond donors (Lipinski definition) is 1. The highest BCUT2D eigenvalue weighted by molar-refractivity contribution is 4.51. The van der Waals surface area contributed by atoms with Gasteiger partial charge in [0.2, 0.25) is 0 Å². The zero-order valence-electron chi connectivity index (χ0n) is 5.23. The molecule has 0 unspecified atom stereocenters. The molecular formula is C5H9N3O. The van der Waals surface area contributed by atoms with E-state index in [0.717, 1.165) is 0 Å². The molecule has 0 fully saturated rings. The highest BCUT2D eigenvalue weighted by atomic mass is 16.2. The van der Waals surface area contributed by atoms with Gasteiger partial charge in [0.05, 0.1) is 0 Å². The Bertz CT molecular complexity index is 95.1. The number of rotatable bonds is 0. The van der Waals surface area contributed by atoms with E-state index in [-0.39, 0.29) is 6.61 Å². The van der Waals surface area contributed by atoms with E-state index in [1.807, 2.05) is 0 Å². The maximum Gasteiger partial charge on any atom is 0.119 e. The van der Waals surface area contributed by atoms with Gasteiger partial charge in [-0.15, -0.1) is 0 Å². The largest absolute Gasteiger partial charge is 0.397 e. The fourth-order valence-electron chi connectivity index (χ4n) is 0.205. The molecule has 4 heteroatoms. The second-order valence-electron chi connectivity index (χ2n) is 1.11. The molecule has 9 heavy (non-hydrogen) atoms. The van der Waals surface area contributed by atoms with Crippen molar-refractivity contribution in [3.63, 3.8) is 0 Å². The van der Waals surface area contributed by atoms with E-state index in [0.29, 0.717) is 0 Å². The summed E-state index contributed by atoms with van der Waals surface area (Å²) in [5.41, 5.74) is 0. The molecule has 50 valence electrons. The quantitative estimate of drug-likeness (QED) is 0.527. The van der Waals surface area contributed by atoms with E-state index in [2.05, 4.69) is 15.0 Å². The van der Waals surface area contributed by atoms with Crippen LogP contribution >= 0.6 is 0 Å². The first-order valence-corrected chi connectivity index (χ1v) is 2.57. The first-order valence-electron chi connectivity index (χ1n) is 2.57. The van der Waals surface area contributed by atoms with Crippen LogP contribution in [0.4, 0.5) is 0 Å². The van der Waals surface area contributed by atoms with Gasteiger partial charge in [0.25, 0.3) is 0 Å².